The molecule has 1 aliphatic rings. The van der Waals surface area contributed by atoms with E-state index in [9.17, 15) is 4.79 Å². The molecule has 3 nitrogen and oxygen atoms in total. The fourth-order valence-electron chi connectivity index (χ4n) is 0.883. The highest BCUT2D eigenvalue weighted by atomic mass is 16.5. The van der Waals surface area contributed by atoms with Gasteiger partial charge in [-0.2, -0.15) is 0 Å². The molecule has 0 radical (unpaired) electrons. The predicted molar refractivity (Wildman–Crippen MR) is 32.8 cm³/mol. The van der Waals surface area contributed by atoms with E-state index in [0.717, 1.165) is 0 Å². The molecule has 0 aromatic heterocycles. The third-order valence-corrected chi connectivity index (χ3v) is 1.35. The molecule has 0 aromatic rings. The molecule has 0 saturated carbocycles. The Morgan fingerprint density at radius 2 is 2.22 bits per heavy atom. The van der Waals surface area contributed by atoms with Crippen molar-refractivity contribution in [1.82, 2.24) is 5.32 Å². The standard InChI is InChI=1S/C6H11NO2/c1-4-7-5(8)6(2,3)9-4/h4H,1-3H3,(H,7,8). The van der Waals surface area contributed by atoms with Gasteiger partial charge in [0.15, 0.2) is 0 Å². The summed E-state index contributed by atoms with van der Waals surface area (Å²) in [5, 5.41) is 2.65. The van der Waals surface area contributed by atoms with Crippen LogP contribution in [0.4, 0.5) is 0 Å². The van der Waals surface area contributed by atoms with Crippen molar-refractivity contribution in [3.63, 3.8) is 0 Å². The normalized spacial score (nSPS) is 32.3. The van der Waals surface area contributed by atoms with Crippen molar-refractivity contribution < 1.29 is 9.53 Å². The van der Waals surface area contributed by atoms with E-state index in [0.29, 0.717) is 0 Å². The highest BCUT2D eigenvalue weighted by Crippen LogP contribution is 2.17. The number of carbonyl (C=O) groups excluding carboxylic acids is 1. The van der Waals surface area contributed by atoms with Gasteiger partial charge < -0.3 is 10.1 Å². The maximum atomic E-state index is 10.9. The Hall–Kier alpha value is -0.570. The molecule has 1 saturated heterocycles. The average molecular weight is 129 g/mol. The average Bonchev–Trinajstić information content (AvgIpc) is 1.79. The maximum absolute atomic E-state index is 10.9. The quantitative estimate of drug-likeness (QED) is 0.509. The number of hydrogen-bond donors (Lipinski definition) is 1. The Labute approximate surface area is 54.4 Å². The molecular weight excluding hydrogens is 118 g/mol. The largest absolute Gasteiger partial charge is 0.343 e. The second-order valence-electron chi connectivity index (χ2n) is 2.74. The molecule has 1 unspecified atom stereocenters. The lowest BCUT2D eigenvalue weighted by Gasteiger charge is -2.12. The predicted octanol–water partition coefficient (Wildman–Crippen LogP) is 0.257. The van der Waals surface area contributed by atoms with Crippen molar-refractivity contribution in [3.8, 4) is 0 Å². The molecular formula is C6H11NO2. The number of amides is 1. The highest BCUT2D eigenvalue weighted by molar-refractivity contribution is 5.85. The van der Waals surface area contributed by atoms with Gasteiger partial charge in [0.1, 0.15) is 11.8 Å². The molecule has 1 aliphatic heterocycles. The van der Waals surface area contributed by atoms with E-state index in [2.05, 4.69) is 5.32 Å². The van der Waals surface area contributed by atoms with Crippen molar-refractivity contribution in [2.75, 3.05) is 0 Å². The van der Waals surface area contributed by atoms with E-state index < -0.39 is 5.60 Å². The third-order valence-electron chi connectivity index (χ3n) is 1.35. The topological polar surface area (TPSA) is 38.3 Å². The van der Waals surface area contributed by atoms with Gasteiger partial charge in [-0.25, -0.2) is 0 Å². The Morgan fingerprint density at radius 3 is 2.33 bits per heavy atom. The van der Waals surface area contributed by atoms with Gasteiger partial charge in [-0.15, -0.1) is 0 Å². The summed E-state index contributed by atoms with van der Waals surface area (Å²) in [4.78, 5) is 10.9. The summed E-state index contributed by atoms with van der Waals surface area (Å²) < 4.78 is 5.20. The molecule has 1 amide bonds. The zero-order chi connectivity index (χ0) is 7.07. The molecule has 1 fully saturated rings. The smallest absolute Gasteiger partial charge is 0.253 e. The lowest BCUT2D eigenvalue weighted by Crippen LogP contribution is -2.32. The Bertz CT molecular complexity index is 142. The van der Waals surface area contributed by atoms with E-state index in [-0.39, 0.29) is 12.1 Å². The summed E-state index contributed by atoms with van der Waals surface area (Å²) in [6.45, 7) is 5.32. The van der Waals surface area contributed by atoms with Crippen LogP contribution in [0.25, 0.3) is 0 Å². The van der Waals surface area contributed by atoms with Crippen molar-refractivity contribution in [3.05, 3.63) is 0 Å². The van der Waals surface area contributed by atoms with Crippen LogP contribution >= 0.6 is 0 Å². The number of hydrogen-bond acceptors (Lipinski definition) is 2. The lowest BCUT2D eigenvalue weighted by atomic mass is 10.1. The summed E-state index contributed by atoms with van der Waals surface area (Å²) >= 11 is 0. The van der Waals surface area contributed by atoms with E-state index in [4.69, 9.17) is 4.74 Å². The third kappa shape index (κ3) is 1.05. The number of nitrogens with one attached hydrogen (secondary N) is 1. The molecule has 0 bridgehead atoms. The number of rotatable bonds is 0. The second kappa shape index (κ2) is 1.70. The van der Waals surface area contributed by atoms with E-state index in [1.54, 1.807) is 13.8 Å². The number of carbonyl (C=O) groups is 1. The van der Waals surface area contributed by atoms with Crippen molar-refractivity contribution in [1.29, 1.82) is 0 Å². The molecule has 0 spiro atoms. The van der Waals surface area contributed by atoms with Crippen LogP contribution in [-0.2, 0) is 9.53 Å². The van der Waals surface area contributed by atoms with E-state index in [1.807, 2.05) is 6.92 Å². The first-order valence-electron chi connectivity index (χ1n) is 3.01. The molecule has 52 valence electrons. The van der Waals surface area contributed by atoms with Crippen LogP contribution in [0.3, 0.4) is 0 Å². The van der Waals surface area contributed by atoms with Gasteiger partial charge in [0.05, 0.1) is 0 Å². The monoisotopic (exact) mass is 129 g/mol. The van der Waals surface area contributed by atoms with E-state index in [1.165, 1.54) is 0 Å². The van der Waals surface area contributed by atoms with Gasteiger partial charge in [0.2, 0.25) is 0 Å². The van der Waals surface area contributed by atoms with Crippen molar-refractivity contribution in [2.45, 2.75) is 32.6 Å². The zero-order valence-corrected chi connectivity index (χ0v) is 5.89. The van der Waals surface area contributed by atoms with Gasteiger partial charge in [-0.3, -0.25) is 4.79 Å². The molecule has 1 N–H and O–H groups in total. The van der Waals surface area contributed by atoms with Crippen LogP contribution in [0.1, 0.15) is 20.8 Å². The van der Waals surface area contributed by atoms with Crippen molar-refractivity contribution in [2.24, 2.45) is 0 Å². The van der Waals surface area contributed by atoms with Gasteiger partial charge in [-0.1, -0.05) is 0 Å². The summed E-state index contributed by atoms with van der Waals surface area (Å²) in [5.41, 5.74) is -0.626. The van der Waals surface area contributed by atoms with Crippen molar-refractivity contribution >= 4 is 5.91 Å². The molecule has 1 atom stereocenters. The Morgan fingerprint density at radius 1 is 1.67 bits per heavy atom. The Balaban J connectivity index is 2.70. The maximum Gasteiger partial charge on any atom is 0.253 e. The molecule has 1 rings (SSSR count). The summed E-state index contributed by atoms with van der Waals surface area (Å²) in [7, 11) is 0. The van der Waals surface area contributed by atoms with Gasteiger partial charge in [-0.05, 0) is 20.8 Å². The molecule has 0 aliphatic carbocycles. The minimum atomic E-state index is -0.626. The highest BCUT2D eigenvalue weighted by Gasteiger charge is 2.37. The van der Waals surface area contributed by atoms with Gasteiger partial charge in [0, 0.05) is 0 Å². The van der Waals surface area contributed by atoms with Gasteiger partial charge in [0.25, 0.3) is 5.91 Å². The molecule has 3 heteroatoms. The van der Waals surface area contributed by atoms with Crippen LogP contribution < -0.4 is 5.32 Å². The minimum Gasteiger partial charge on any atom is -0.343 e. The summed E-state index contributed by atoms with van der Waals surface area (Å²) in [5.74, 6) is -0.0324. The SMILES string of the molecule is CC1NC(=O)C(C)(C)O1. The number of ether oxygens (including phenoxy) is 1. The minimum absolute atomic E-state index is 0.0324. The van der Waals surface area contributed by atoms with Crippen LogP contribution in [0.15, 0.2) is 0 Å². The molecule has 1 heterocycles. The first-order valence-corrected chi connectivity index (χ1v) is 3.01. The van der Waals surface area contributed by atoms with Gasteiger partial charge >= 0.3 is 0 Å². The van der Waals surface area contributed by atoms with Crippen LogP contribution in [-0.4, -0.2) is 17.7 Å². The zero-order valence-electron chi connectivity index (χ0n) is 5.89. The molecule has 0 aromatic carbocycles. The lowest BCUT2D eigenvalue weighted by molar-refractivity contribution is -0.130. The van der Waals surface area contributed by atoms with Crippen LogP contribution in [0.5, 0.6) is 0 Å². The first kappa shape index (κ1) is 6.55. The fraction of sp³-hybridized carbons (Fsp3) is 0.833. The van der Waals surface area contributed by atoms with Crippen LogP contribution in [0, 0.1) is 0 Å². The Kier molecular flexibility index (Phi) is 1.24. The summed E-state index contributed by atoms with van der Waals surface area (Å²) in [6.07, 6.45) is -0.132. The first-order chi connectivity index (χ1) is 4.02. The summed E-state index contributed by atoms with van der Waals surface area (Å²) in [6, 6.07) is 0. The van der Waals surface area contributed by atoms with Crippen LogP contribution in [0.2, 0.25) is 0 Å². The second-order valence-corrected chi connectivity index (χ2v) is 2.74. The molecule has 9 heavy (non-hydrogen) atoms. The fourth-order valence-corrected chi connectivity index (χ4v) is 0.883. The van der Waals surface area contributed by atoms with E-state index >= 15 is 0 Å².